The third kappa shape index (κ3) is 0.787. The molecule has 0 heterocycles. The van der Waals surface area contributed by atoms with E-state index in [0.717, 1.165) is 5.92 Å². The smallest absolute Gasteiger partial charge is 0.0596 e. The maximum atomic E-state index is 9.49. The molecule has 2 aliphatic rings. The third-order valence-electron chi connectivity index (χ3n) is 2.99. The van der Waals surface area contributed by atoms with Crippen LogP contribution in [0.1, 0.15) is 26.2 Å². The van der Waals surface area contributed by atoms with Gasteiger partial charge in [0.15, 0.2) is 0 Å². The van der Waals surface area contributed by atoms with Gasteiger partial charge in [-0.2, -0.15) is 0 Å². The molecule has 1 nitrogen and oxygen atoms in total. The second-order valence-corrected chi connectivity index (χ2v) is 3.70. The van der Waals surface area contributed by atoms with Crippen LogP contribution in [0, 0.1) is 17.8 Å². The quantitative estimate of drug-likeness (QED) is 0.520. The van der Waals surface area contributed by atoms with Gasteiger partial charge in [0.25, 0.3) is 0 Å². The Morgan fingerprint density at radius 3 is 2.78 bits per heavy atom. The summed E-state index contributed by atoms with van der Waals surface area (Å²) in [5.41, 5.74) is 0. The molecule has 2 aliphatic carbocycles. The molecule has 0 aromatic rings. The standard InChI is InChI=1S/C8H14O/c1-5-2-3-6-4-7(6)8(5)9/h5-9H,2-4H2,1H3/t5-,6-,7+,8+/m1/s1. The molecule has 0 spiro atoms. The normalized spacial score (nSPS) is 56.7. The lowest BCUT2D eigenvalue weighted by molar-refractivity contribution is 0.0662. The van der Waals surface area contributed by atoms with Crippen LogP contribution in [-0.4, -0.2) is 11.2 Å². The predicted molar refractivity (Wildman–Crippen MR) is 36.0 cm³/mol. The molecule has 2 rings (SSSR count). The highest BCUT2D eigenvalue weighted by atomic mass is 16.3. The van der Waals surface area contributed by atoms with E-state index in [9.17, 15) is 5.11 Å². The molecule has 0 aromatic carbocycles. The highest BCUT2D eigenvalue weighted by molar-refractivity contribution is 4.97. The van der Waals surface area contributed by atoms with Crippen LogP contribution >= 0.6 is 0 Å². The van der Waals surface area contributed by atoms with E-state index in [1.165, 1.54) is 19.3 Å². The van der Waals surface area contributed by atoms with Gasteiger partial charge in [0.05, 0.1) is 6.10 Å². The van der Waals surface area contributed by atoms with Crippen LogP contribution in [0.25, 0.3) is 0 Å². The Morgan fingerprint density at radius 2 is 2.11 bits per heavy atom. The Labute approximate surface area is 56.1 Å². The fourth-order valence-electron chi connectivity index (χ4n) is 2.09. The Hall–Kier alpha value is -0.0400. The van der Waals surface area contributed by atoms with Crippen molar-refractivity contribution in [1.82, 2.24) is 0 Å². The summed E-state index contributed by atoms with van der Waals surface area (Å²) in [4.78, 5) is 0. The average molecular weight is 126 g/mol. The van der Waals surface area contributed by atoms with Crippen LogP contribution in [0.3, 0.4) is 0 Å². The maximum absolute atomic E-state index is 9.49. The van der Waals surface area contributed by atoms with Crippen LogP contribution in [0.15, 0.2) is 0 Å². The van der Waals surface area contributed by atoms with Gasteiger partial charge in [-0.3, -0.25) is 0 Å². The number of rotatable bonds is 0. The molecule has 2 fully saturated rings. The second-order valence-electron chi connectivity index (χ2n) is 3.70. The van der Waals surface area contributed by atoms with Crippen LogP contribution in [0.2, 0.25) is 0 Å². The minimum Gasteiger partial charge on any atom is -0.393 e. The van der Waals surface area contributed by atoms with Crippen molar-refractivity contribution < 1.29 is 5.11 Å². The van der Waals surface area contributed by atoms with Gasteiger partial charge >= 0.3 is 0 Å². The molecule has 52 valence electrons. The highest BCUT2D eigenvalue weighted by Gasteiger charge is 2.47. The molecular weight excluding hydrogens is 112 g/mol. The van der Waals surface area contributed by atoms with E-state index >= 15 is 0 Å². The Morgan fingerprint density at radius 1 is 1.33 bits per heavy atom. The van der Waals surface area contributed by atoms with Crippen molar-refractivity contribution in [1.29, 1.82) is 0 Å². The van der Waals surface area contributed by atoms with E-state index in [-0.39, 0.29) is 6.10 Å². The van der Waals surface area contributed by atoms with Gasteiger partial charge in [-0.15, -0.1) is 0 Å². The summed E-state index contributed by atoms with van der Waals surface area (Å²) in [5, 5.41) is 9.49. The number of hydrogen-bond acceptors (Lipinski definition) is 1. The third-order valence-corrected chi connectivity index (χ3v) is 2.99. The number of hydrogen-bond donors (Lipinski definition) is 1. The number of fused-ring (bicyclic) bond motifs is 1. The molecule has 0 unspecified atom stereocenters. The SMILES string of the molecule is C[C@@H]1CC[C@@H]2C[C@@H]2[C@H]1O. The summed E-state index contributed by atoms with van der Waals surface area (Å²) in [5.74, 6) is 2.19. The van der Waals surface area contributed by atoms with Gasteiger partial charge in [-0.1, -0.05) is 6.92 Å². The lowest BCUT2D eigenvalue weighted by Gasteiger charge is -2.23. The fraction of sp³-hybridized carbons (Fsp3) is 1.00. The summed E-state index contributed by atoms with van der Waals surface area (Å²) in [6, 6.07) is 0. The van der Waals surface area contributed by atoms with E-state index in [4.69, 9.17) is 0 Å². The first-order valence-corrected chi connectivity index (χ1v) is 3.97. The Balaban J connectivity index is 2.02. The number of aliphatic hydroxyl groups is 1. The molecule has 1 heteroatoms. The zero-order valence-electron chi connectivity index (χ0n) is 5.88. The van der Waals surface area contributed by atoms with E-state index in [1.807, 2.05) is 0 Å². The molecule has 0 bridgehead atoms. The van der Waals surface area contributed by atoms with Gasteiger partial charge < -0.3 is 5.11 Å². The second kappa shape index (κ2) is 1.72. The summed E-state index contributed by atoms with van der Waals surface area (Å²) < 4.78 is 0. The molecular formula is C8H14O. The molecule has 0 saturated heterocycles. The van der Waals surface area contributed by atoms with Crippen molar-refractivity contribution in [3.05, 3.63) is 0 Å². The predicted octanol–water partition coefficient (Wildman–Crippen LogP) is 1.41. The van der Waals surface area contributed by atoms with Crippen molar-refractivity contribution in [2.45, 2.75) is 32.3 Å². The van der Waals surface area contributed by atoms with Crippen LogP contribution < -0.4 is 0 Å². The minimum absolute atomic E-state index is 0.0451. The average Bonchev–Trinajstić information content (AvgIpc) is 2.58. The summed E-state index contributed by atoms with van der Waals surface area (Å²) in [7, 11) is 0. The van der Waals surface area contributed by atoms with Crippen LogP contribution in [0.4, 0.5) is 0 Å². The molecule has 2 saturated carbocycles. The van der Waals surface area contributed by atoms with Gasteiger partial charge in [0.1, 0.15) is 0 Å². The van der Waals surface area contributed by atoms with E-state index in [1.54, 1.807) is 0 Å². The lowest BCUT2D eigenvalue weighted by Crippen LogP contribution is -2.24. The van der Waals surface area contributed by atoms with E-state index in [0.29, 0.717) is 11.8 Å². The molecule has 0 aromatic heterocycles. The molecule has 4 atom stereocenters. The van der Waals surface area contributed by atoms with Crippen molar-refractivity contribution in [2.75, 3.05) is 0 Å². The molecule has 0 amide bonds. The number of aliphatic hydroxyl groups excluding tert-OH is 1. The molecule has 9 heavy (non-hydrogen) atoms. The first kappa shape index (κ1) is 5.72. The first-order chi connectivity index (χ1) is 4.29. The maximum Gasteiger partial charge on any atom is 0.0596 e. The van der Waals surface area contributed by atoms with E-state index < -0.39 is 0 Å². The molecule has 0 aliphatic heterocycles. The molecule has 1 N–H and O–H groups in total. The summed E-state index contributed by atoms with van der Waals surface area (Å²) in [6.07, 6.45) is 3.99. The Kier molecular flexibility index (Phi) is 1.10. The summed E-state index contributed by atoms with van der Waals surface area (Å²) in [6.45, 7) is 2.17. The largest absolute Gasteiger partial charge is 0.393 e. The van der Waals surface area contributed by atoms with E-state index in [2.05, 4.69) is 6.92 Å². The van der Waals surface area contributed by atoms with Crippen molar-refractivity contribution in [3.63, 3.8) is 0 Å². The molecule has 0 radical (unpaired) electrons. The topological polar surface area (TPSA) is 20.2 Å². The van der Waals surface area contributed by atoms with Crippen LogP contribution in [-0.2, 0) is 0 Å². The zero-order valence-corrected chi connectivity index (χ0v) is 5.88. The van der Waals surface area contributed by atoms with Gasteiger partial charge in [-0.25, -0.2) is 0 Å². The van der Waals surface area contributed by atoms with Gasteiger partial charge in [-0.05, 0) is 37.0 Å². The van der Waals surface area contributed by atoms with Crippen molar-refractivity contribution >= 4 is 0 Å². The van der Waals surface area contributed by atoms with Crippen LogP contribution in [0.5, 0.6) is 0 Å². The lowest BCUT2D eigenvalue weighted by atomic mass is 9.88. The summed E-state index contributed by atoms with van der Waals surface area (Å²) >= 11 is 0. The zero-order chi connectivity index (χ0) is 6.43. The van der Waals surface area contributed by atoms with Gasteiger partial charge in [0, 0.05) is 0 Å². The van der Waals surface area contributed by atoms with Gasteiger partial charge in [0.2, 0.25) is 0 Å². The van der Waals surface area contributed by atoms with Crippen molar-refractivity contribution in [2.24, 2.45) is 17.8 Å². The van der Waals surface area contributed by atoms with Crippen molar-refractivity contribution in [3.8, 4) is 0 Å². The Bertz CT molecular complexity index is 120. The fourth-order valence-corrected chi connectivity index (χ4v) is 2.09. The highest BCUT2D eigenvalue weighted by Crippen LogP contribution is 2.51. The first-order valence-electron chi connectivity index (χ1n) is 3.97. The monoisotopic (exact) mass is 126 g/mol. The minimum atomic E-state index is 0.0451.